The van der Waals surface area contributed by atoms with Gasteiger partial charge in [-0.05, 0) is 42.7 Å². The summed E-state index contributed by atoms with van der Waals surface area (Å²) in [7, 11) is 1.42. The van der Waals surface area contributed by atoms with Crippen LogP contribution in [0.2, 0.25) is 0 Å². The molecule has 0 bridgehead atoms. The van der Waals surface area contributed by atoms with E-state index in [0.29, 0.717) is 18.2 Å². The number of nitrogens with one attached hydrogen (secondary N) is 1. The third-order valence-corrected chi connectivity index (χ3v) is 5.63. The third kappa shape index (κ3) is 4.65. The first kappa shape index (κ1) is 22.0. The van der Waals surface area contributed by atoms with E-state index in [-0.39, 0.29) is 23.0 Å². The number of anilines is 2. The lowest BCUT2D eigenvalue weighted by molar-refractivity contribution is 0.402. The summed E-state index contributed by atoms with van der Waals surface area (Å²) < 4.78 is 34.3. The number of methoxy groups -OCH3 is 1. The van der Waals surface area contributed by atoms with E-state index in [0.717, 1.165) is 30.9 Å². The number of aromatic nitrogens is 2. The lowest BCUT2D eigenvalue weighted by Crippen LogP contribution is -2.46. The summed E-state index contributed by atoms with van der Waals surface area (Å²) in [4.78, 5) is 10.9. The first-order valence-corrected chi connectivity index (χ1v) is 10.6. The molecular weight excluding hydrogens is 412 g/mol. The molecule has 1 fully saturated rings. The van der Waals surface area contributed by atoms with Crippen LogP contribution >= 0.6 is 0 Å². The summed E-state index contributed by atoms with van der Waals surface area (Å²) in [6.07, 6.45) is 4.51. The van der Waals surface area contributed by atoms with Gasteiger partial charge in [0.2, 0.25) is 0 Å². The number of hydrogen-bond donors (Lipinski definition) is 2. The molecule has 0 amide bonds. The molecule has 0 spiro atoms. The van der Waals surface area contributed by atoms with Crippen molar-refractivity contribution in [1.29, 1.82) is 0 Å². The highest BCUT2D eigenvalue weighted by Crippen LogP contribution is 2.33. The first-order valence-electron chi connectivity index (χ1n) is 10.6. The van der Waals surface area contributed by atoms with Gasteiger partial charge in [0.05, 0.1) is 42.5 Å². The molecule has 6 nitrogen and oxygen atoms in total. The summed E-state index contributed by atoms with van der Waals surface area (Å²) in [6, 6.07) is 9.30. The SMILES string of the molecule is COc1cccc(F)c1-c1nc(CNc2cnccc2N2CC(C)CC(N)C2)ccc1F. The second-order valence-corrected chi connectivity index (χ2v) is 8.20. The van der Waals surface area contributed by atoms with E-state index in [2.05, 4.69) is 27.1 Å². The molecule has 1 aliphatic heterocycles. The second-order valence-electron chi connectivity index (χ2n) is 8.20. The average Bonchev–Trinajstić information content (AvgIpc) is 2.78. The molecular formula is C24H27F2N5O. The Kier molecular flexibility index (Phi) is 6.50. The fourth-order valence-corrected chi connectivity index (χ4v) is 4.24. The van der Waals surface area contributed by atoms with Gasteiger partial charge in [0.15, 0.2) is 0 Å². The third-order valence-electron chi connectivity index (χ3n) is 5.63. The Morgan fingerprint density at radius 3 is 2.78 bits per heavy atom. The fourth-order valence-electron chi connectivity index (χ4n) is 4.24. The van der Waals surface area contributed by atoms with Crippen LogP contribution in [0, 0.1) is 17.6 Å². The van der Waals surface area contributed by atoms with Crippen molar-refractivity contribution in [3.63, 3.8) is 0 Å². The molecule has 1 saturated heterocycles. The zero-order valence-corrected chi connectivity index (χ0v) is 18.2. The summed E-state index contributed by atoms with van der Waals surface area (Å²) in [5, 5.41) is 3.34. The van der Waals surface area contributed by atoms with E-state index >= 15 is 0 Å². The van der Waals surface area contributed by atoms with Crippen molar-refractivity contribution in [2.45, 2.75) is 25.9 Å². The zero-order chi connectivity index (χ0) is 22.7. The Hall–Kier alpha value is -3.26. The molecule has 0 radical (unpaired) electrons. The number of halogens is 2. The predicted molar refractivity (Wildman–Crippen MR) is 122 cm³/mol. The predicted octanol–water partition coefficient (Wildman–Crippen LogP) is 4.22. The van der Waals surface area contributed by atoms with Crippen molar-refractivity contribution >= 4 is 11.4 Å². The second kappa shape index (κ2) is 9.48. The minimum absolute atomic E-state index is 0.00714. The van der Waals surface area contributed by atoms with Gasteiger partial charge in [0, 0.05) is 25.3 Å². The van der Waals surface area contributed by atoms with E-state index < -0.39 is 11.6 Å². The smallest absolute Gasteiger partial charge is 0.149 e. The lowest BCUT2D eigenvalue weighted by Gasteiger charge is -2.37. The highest BCUT2D eigenvalue weighted by atomic mass is 19.1. The van der Waals surface area contributed by atoms with E-state index in [1.54, 1.807) is 24.5 Å². The van der Waals surface area contributed by atoms with E-state index in [1.165, 1.54) is 25.3 Å². The number of piperidine rings is 1. The minimum Gasteiger partial charge on any atom is -0.496 e. The minimum atomic E-state index is -0.615. The fraction of sp³-hybridized carbons (Fsp3) is 0.333. The van der Waals surface area contributed by atoms with Gasteiger partial charge in [0.25, 0.3) is 0 Å². The largest absolute Gasteiger partial charge is 0.496 e. The zero-order valence-electron chi connectivity index (χ0n) is 18.2. The highest BCUT2D eigenvalue weighted by molar-refractivity contribution is 5.70. The van der Waals surface area contributed by atoms with Gasteiger partial charge in [0.1, 0.15) is 23.1 Å². The number of ether oxygens (including phenoxy) is 1. The summed E-state index contributed by atoms with van der Waals surface area (Å²) in [6.45, 7) is 4.20. The molecule has 3 heterocycles. The van der Waals surface area contributed by atoms with Crippen LogP contribution in [0.5, 0.6) is 5.75 Å². The average molecular weight is 440 g/mol. The number of benzene rings is 1. The van der Waals surface area contributed by atoms with Gasteiger partial charge < -0.3 is 20.7 Å². The van der Waals surface area contributed by atoms with Crippen molar-refractivity contribution < 1.29 is 13.5 Å². The molecule has 8 heteroatoms. The van der Waals surface area contributed by atoms with Crippen molar-refractivity contribution in [2.24, 2.45) is 11.7 Å². The summed E-state index contributed by atoms with van der Waals surface area (Å²) in [5.41, 5.74) is 8.56. The van der Waals surface area contributed by atoms with E-state index in [1.807, 2.05) is 6.07 Å². The summed E-state index contributed by atoms with van der Waals surface area (Å²) >= 11 is 0. The number of hydrogen-bond acceptors (Lipinski definition) is 6. The monoisotopic (exact) mass is 439 g/mol. The Bertz CT molecular complexity index is 1080. The molecule has 168 valence electrons. The molecule has 2 atom stereocenters. The molecule has 1 aliphatic rings. The normalized spacial score (nSPS) is 18.5. The standard InChI is InChI=1S/C24H27F2N5O/c1-15-10-16(27)14-31(13-15)21-8-9-28-12-20(21)29-11-17-6-7-19(26)24(30-17)23-18(25)4-3-5-22(23)32-2/h3-9,12,15-16,29H,10-11,13-14,27H2,1-2H3. The molecule has 2 unspecified atom stereocenters. The van der Waals surface area contributed by atoms with Crippen molar-refractivity contribution in [1.82, 2.24) is 9.97 Å². The molecule has 0 aliphatic carbocycles. The molecule has 3 aromatic rings. The first-order chi connectivity index (χ1) is 15.5. The van der Waals surface area contributed by atoms with Crippen LogP contribution in [0.1, 0.15) is 19.0 Å². The molecule has 2 aromatic heterocycles. The van der Waals surface area contributed by atoms with Gasteiger partial charge in [-0.2, -0.15) is 0 Å². The Morgan fingerprint density at radius 1 is 1.16 bits per heavy atom. The van der Waals surface area contributed by atoms with Crippen LogP contribution in [0.15, 0.2) is 48.8 Å². The summed E-state index contributed by atoms with van der Waals surface area (Å²) in [5.74, 6) is -0.482. The van der Waals surface area contributed by atoms with Gasteiger partial charge in [-0.15, -0.1) is 0 Å². The maximum absolute atomic E-state index is 14.6. The van der Waals surface area contributed by atoms with Gasteiger partial charge in [-0.3, -0.25) is 4.98 Å². The van der Waals surface area contributed by atoms with Crippen LogP contribution in [-0.2, 0) is 6.54 Å². The number of rotatable bonds is 6. The highest BCUT2D eigenvalue weighted by Gasteiger charge is 2.24. The maximum atomic E-state index is 14.6. The maximum Gasteiger partial charge on any atom is 0.149 e. The van der Waals surface area contributed by atoms with Crippen LogP contribution < -0.4 is 20.7 Å². The van der Waals surface area contributed by atoms with Gasteiger partial charge in [-0.1, -0.05) is 13.0 Å². The van der Waals surface area contributed by atoms with E-state index in [4.69, 9.17) is 10.5 Å². The Morgan fingerprint density at radius 2 is 2.00 bits per heavy atom. The quantitative estimate of drug-likeness (QED) is 0.599. The van der Waals surface area contributed by atoms with E-state index in [9.17, 15) is 8.78 Å². The molecule has 32 heavy (non-hydrogen) atoms. The van der Waals surface area contributed by atoms with Crippen LogP contribution in [0.25, 0.3) is 11.3 Å². The number of nitrogens with two attached hydrogens (primary N) is 1. The van der Waals surface area contributed by atoms with Gasteiger partial charge in [-0.25, -0.2) is 13.8 Å². The van der Waals surface area contributed by atoms with Crippen molar-refractivity contribution in [3.05, 3.63) is 66.1 Å². The number of pyridine rings is 2. The topological polar surface area (TPSA) is 76.3 Å². The Balaban J connectivity index is 1.58. The Labute approximate surface area is 186 Å². The van der Waals surface area contributed by atoms with Crippen LogP contribution in [0.4, 0.5) is 20.2 Å². The van der Waals surface area contributed by atoms with Crippen LogP contribution in [-0.4, -0.2) is 36.2 Å². The molecule has 4 rings (SSSR count). The number of nitrogens with zero attached hydrogens (tertiary/aromatic N) is 3. The molecule has 1 aromatic carbocycles. The van der Waals surface area contributed by atoms with Crippen LogP contribution in [0.3, 0.4) is 0 Å². The van der Waals surface area contributed by atoms with Crippen molar-refractivity contribution in [2.75, 3.05) is 30.4 Å². The van der Waals surface area contributed by atoms with Gasteiger partial charge >= 0.3 is 0 Å². The lowest BCUT2D eigenvalue weighted by atomic mass is 9.96. The van der Waals surface area contributed by atoms with Crippen molar-refractivity contribution in [3.8, 4) is 17.0 Å². The molecule has 3 N–H and O–H groups in total. The molecule has 0 saturated carbocycles.